The van der Waals surface area contributed by atoms with Crippen LogP contribution in [-0.4, -0.2) is 50.4 Å². The van der Waals surface area contributed by atoms with Crippen LogP contribution in [0.3, 0.4) is 0 Å². The molecule has 0 aliphatic carbocycles. The number of anilines is 1. The van der Waals surface area contributed by atoms with Crippen molar-refractivity contribution in [1.82, 2.24) is 10.2 Å². The van der Waals surface area contributed by atoms with Crippen molar-refractivity contribution >= 4 is 11.7 Å². The molecule has 0 atom stereocenters. The Morgan fingerprint density at radius 2 is 1.96 bits per heavy atom. The highest BCUT2D eigenvalue weighted by molar-refractivity contribution is 5.90. The third kappa shape index (κ3) is 6.25. The van der Waals surface area contributed by atoms with E-state index >= 15 is 0 Å². The number of carbonyl (C=O) groups is 1. The van der Waals surface area contributed by atoms with Crippen LogP contribution in [0.15, 0.2) is 48.5 Å². The Balaban J connectivity index is 1.44. The van der Waals surface area contributed by atoms with Crippen molar-refractivity contribution in [3.8, 4) is 5.75 Å². The summed E-state index contributed by atoms with van der Waals surface area (Å²) >= 11 is 0. The quantitative estimate of drug-likeness (QED) is 0.734. The van der Waals surface area contributed by atoms with Gasteiger partial charge in [0.15, 0.2) is 0 Å². The Kier molecular flexibility index (Phi) is 7.70. The van der Waals surface area contributed by atoms with Crippen LogP contribution < -0.4 is 15.4 Å². The molecule has 6 heteroatoms. The number of benzene rings is 2. The first-order valence-electron chi connectivity index (χ1n) is 9.89. The summed E-state index contributed by atoms with van der Waals surface area (Å²) in [5.41, 5.74) is 2.97. The van der Waals surface area contributed by atoms with Crippen molar-refractivity contribution in [3.05, 3.63) is 59.7 Å². The first kappa shape index (κ1) is 20.2. The van der Waals surface area contributed by atoms with Crippen LogP contribution in [0.2, 0.25) is 0 Å². The van der Waals surface area contributed by atoms with Crippen LogP contribution >= 0.6 is 0 Å². The van der Waals surface area contributed by atoms with E-state index in [-0.39, 0.29) is 6.03 Å². The third-order valence-electron chi connectivity index (χ3n) is 4.78. The topological polar surface area (TPSA) is 62.8 Å². The van der Waals surface area contributed by atoms with Crippen molar-refractivity contribution in [2.45, 2.75) is 19.9 Å². The molecule has 28 heavy (non-hydrogen) atoms. The van der Waals surface area contributed by atoms with Crippen molar-refractivity contribution in [2.75, 3.05) is 44.8 Å². The molecule has 2 aromatic rings. The van der Waals surface area contributed by atoms with Gasteiger partial charge in [0.05, 0.1) is 13.2 Å². The Hall–Kier alpha value is -2.57. The van der Waals surface area contributed by atoms with E-state index in [9.17, 15) is 4.79 Å². The lowest BCUT2D eigenvalue weighted by Gasteiger charge is -2.26. The van der Waals surface area contributed by atoms with Gasteiger partial charge in [0.2, 0.25) is 0 Å². The van der Waals surface area contributed by atoms with Crippen molar-refractivity contribution < 1.29 is 14.3 Å². The van der Waals surface area contributed by atoms with Gasteiger partial charge in [-0.2, -0.15) is 0 Å². The van der Waals surface area contributed by atoms with Gasteiger partial charge in [-0.3, -0.25) is 4.90 Å². The second-order valence-corrected chi connectivity index (χ2v) is 6.77. The van der Waals surface area contributed by atoms with E-state index in [1.165, 1.54) is 0 Å². The number of rotatable bonds is 8. The molecule has 1 saturated heterocycles. The van der Waals surface area contributed by atoms with Crippen LogP contribution in [0.25, 0.3) is 0 Å². The lowest BCUT2D eigenvalue weighted by Crippen LogP contribution is -2.38. The normalized spacial score (nSPS) is 14.5. The van der Waals surface area contributed by atoms with Gasteiger partial charge in [0.1, 0.15) is 12.4 Å². The molecule has 2 amide bonds. The number of amides is 2. The summed E-state index contributed by atoms with van der Waals surface area (Å²) in [7, 11) is 0. The fourth-order valence-corrected chi connectivity index (χ4v) is 3.16. The second-order valence-electron chi connectivity index (χ2n) is 6.77. The lowest BCUT2D eigenvalue weighted by molar-refractivity contribution is 0.0322. The molecule has 0 saturated carbocycles. The number of morpholine rings is 1. The highest BCUT2D eigenvalue weighted by atomic mass is 16.5. The summed E-state index contributed by atoms with van der Waals surface area (Å²) in [5, 5.41) is 5.83. The van der Waals surface area contributed by atoms with Crippen LogP contribution in [0.5, 0.6) is 5.75 Å². The average Bonchev–Trinajstić information content (AvgIpc) is 2.74. The van der Waals surface area contributed by atoms with Gasteiger partial charge in [0, 0.05) is 31.9 Å². The fourth-order valence-electron chi connectivity index (χ4n) is 3.16. The van der Waals surface area contributed by atoms with E-state index in [4.69, 9.17) is 9.47 Å². The van der Waals surface area contributed by atoms with E-state index in [1.807, 2.05) is 48.5 Å². The summed E-state index contributed by atoms with van der Waals surface area (Å²) in [4.78, 5) is 14.6. The molecule has 0 unspecified atom stereocenters. The number of urea groups is 1. The summed E-state index contributed by atoms with van der Waals surface area (Å²) < 4.78 is 11.2. The van der Waals surface area contributed by atoms with E-state index < -0.39 is 0 Å². The molecule has 0 aromatic heterocycles. The Morgan fingerprint density at radius 3 is 2.79 bits per heavy atom. The predicted octanol–water partition coefficient (Wildman–Crippen LogP) is 3.28. The van der Waals surface area contributed by atoms with Crippen molar-refractivity contribution in [3.63, 3.8) is 0 Å². The maximum Gasteiger partial charge on any atom is 0.319 e. The number of hydrogen-bond donors (Lipinski definition) is 2. The Labute approximate surface area is 166 Å². The first-order valence-corrected chi connectivity index (χ1v) is 9.89. The predicted molar refractivity (Wildman–Crippen MR) is 111 cm³/mol. The van der Waals surface area contributed by atoms with Gasteiger partial charge < -0.3 is 20.1 Å². The monoisotopic (exact) mass is 383 g/mol. The minimum atomic E-state index is -0.209. The molecule has 1 fully saturated rings. The van der Waals surface area contributed by atoms with Crippen molar-refractivity contribution in [2.24, 2.45) is 0 Å². The maximum absolute atomic E-state index is 12.2. The summed E-state index contributed by atoms with van der Waals surface area (Å²) in [5.74, 6) is 0.823. The zero-order valence-corrected chi connectivity index (χ0v) is 16.4. The number of aryl methyl sites for hydroxylation is 1. The summed E-state index contributed by atoms with van der Waals surface area (Å²) in [6, 6.07) is 15.5. The SMILES string of the molecule is CCc1ccccc1NC(=O)NCc1cccc(OCCN2CCOCC2)c1. The third-order valence-corrected chi connectivity index (χ3v) is 4.78. The molecule has 2 N–H and O–H groups in total. The Bertz CT molecular complexity index is 760. The van der Waals surface area contributed by atoms with Gasteiger partial charge in [-0.25, -0.2) is 4.79 Å². The lowest BCUT2D eigenvalue weighted by atomic mass is 10.1. The second kappa shape index (κ2) is 10.7. The molecule has 2 aromatic carbocycles. The van der Waals surface area contributed by atoms with E-state index in [0.717, 1.165) is 61.8 Å². The van der Waals surface area contributed by atoms with Crippen LogP contribution in [-0.2, 0) is 17.7 Å². The number of nitrogens with zero attached hydrogens (tertiary/aromatic N) is 1. The Morgan fingerprint density at radius 1 is 1.14 bits per heavy atom. The molecule has 6 nitrogen and oxygen atoms in total. The first-order chi connectivity index (χ1) is 13.7. The number of hydrogen-bond acceptors (Lipinski definition) is 4. The van der Waals surface area contributed by atoms with E-state index in [1.54, 1.807) is 0 Å². The van der Waals surface area contributed by atoms with Gasteiger partial charge in [-0.1, -0.05) is 37.3 Å². The molecule has 1 heterocycles. The number of para-hydroxylation sites is 1. The zero-order valence-electron chi connectivity index (χ0n) is 16.4. The van der Waals surface area contributed by atoms with Gasteiger partial charge in [-0.15, -0.1) is 0 Å². The van der Waals surface area contributed by atoms with Crippen LogP contribution in [0.4, 0.5) is 10.5 Å². The smallest absolute Gasteiger partial charge is 0.319 e. The highest BCUT2D eigenvalue weighted by Crippen LogP contribution is 2.16. The molecule has 150 valence electrons. The molecular formula is C22H29N3O3. The van der Waals surface area contributed by atoms with E-state index in [0.29, 0.717) is 13.2 Å². The molecular weight excluding hydrogens is 354 g/mol. The molecule has 0 bridgehead atoms. The molecule has 0 spiro atoms. The van der Waals surface area contributed by atoms with Gasteiger partial charge in [-0.05, 0) is 35.7 Å². The van der Waals surface area contributed by atoms with Gasteiger partial charge in [0.25, 0.3) is 0 Å². The summed E-state index contributed by atoms with van der Waals surface area (Å²) in [6.07, 6.45) is 0.875. The van der Waals surface area contributed by atoms with Gasteiger partial charge >= 0.3 is 6.03 Å². The molecule has 0 radical (unpaired) electrons. The minimum absolute atomic E-state index is 0.209. The number of nitrogens with one attached hydrogen (secondary N) is 2. The fraction of sp³-hybridized carbons (Fsp3) is 0.409. The van der Waals surface area contributed by atoms with Crippen LogP contribution in [0.1, 0.15) is 18.1 Å². The summed E-state index contributed by atoms with van der Waals surface area (Å²) in [6.45, 7) is 7.57. The maximum atomic E-state index is 12.2. The zero-order chi connectivity index (χ0) is 19.6. The molecule has 1 aliphatic heterocycles. The largest absolute Gasteiger partial charge is 0.492 e. The van der Waals surface area contributed by atoms with Crippen LogP contribution in [0, 0.1) is 0 Å². The van der Waals surface area contributed by atoms with Crippen molar-refractivity contribution in [1.29, 1.82) is 0 Å². The number of ether oxygens (including phenoxy) is 2. The van der Waals surface area contributed by atoms with E-state index in [2.05, 4.69) is 22.5 Å². The average molecular weight is 383 g/mol. The molecule has 1 aliphatic rings. The minimum Gasteiger partial charge on any atom is -0.492 e. The number of carbonyl (C=O) groups excluding carboxylic acids is 1. The standard InChI is InChI=1S/C22H29N3O3/c1-2-19-7-3-4-9-21(19)24-22(26)23-17-18-6-5-8-20(16-18)28-15-12-25-10-13-27-14-11-25/h3-9,16H,2,10-15,17H2,1H3,(H2,23,24,26). The highest BCUT2D eigenvalue weighted by Gasteiger charge is 2.10. The molecule has 3 rings (SSSR count).